The maximum absolute atomic E-state index is 14.0. The second kappa shape index (κ2) is 4.84. The van der Waals surface area contributed by atoms with Gasteiger partial charge in [-0.2, -0.15) is 0 Å². The first-order valence-corrected chi connectivity index (χ1v) is 5.92. The molecule has 0 bridgehead atoms. The van der Waals surface area contributed by atoms with Crippen LogP contribution in [0.1, 0.15) is 30.1 Å². The Labute approximate surface area is 105 Å². The number of ketones is 1. The van der Waals surface area contributed by atoms with E-state index in [-0.39, 0.29) is 31.8 Å². The summed E-state index contributed by atoms with van der Waals surface area (Å²) in [5.74, 6) is -0.607. The minimum Gasteiger partial charge on any atom is -0.338 e. The Morgan fingerprint density at radius 3 is 2.56 bits per heavy atom. The van der Waals surface area contributed by atoms with Crippen molar-refractivity contribution >= 4 is 11.7 Å². The van der Waals surface area contributed by atoms with Crippen LogP contribution in [0.5, 0.6) is 0 Å². The van der Waals surface area contributed by atoms with E-state index in [0.29, 0.717) is 5.56 Å². The maximum atomic E-state index is 14.0. The van der Waals surface area contributed by atoms with Crippen molar-refractivity contribution in [2.24, 2.45) is 0 Å². The van der Waals surface area contributed by atoms with E-state index < -0.39 is 11.5 Å². The SMILES string of the molecule is CC(=O)C1(F)CCN(C(=O)c2cccnc2)CC1. The molecule has 1 fully saturated rings. The summed E-state index contributed by atoms with van der Waals surface area (Å²) in [4.78, 5) is 28.7. The third-order valence-corrected chi connectivity index (χ3v) is 3.38. The first kappa shape index (κ1) is 12.7. The summed E-state index contributed by atoms with van der Waals surface area (Å²) in [6.07, 6.45) is 3.24. The second-order valence-corrected chi connectivity index (χ2v) is 4.56. The molecule has 0 atom stereocenters. The molecule has 1 aliphatic rings. The van der Waals surface area contributed by atoms with Gasteiger partial charge in [-0.25, -0.2) is 4.39 Å². The molecule has 1 saturated heterocycles. The molecule has 0 N–H and O–H groups in total. The zero-order chi connectivity index (χ0) is 13.2. The third-order valence-electron chi connectivity index (χ3n) is 3.38. The molecule has 4 nitrogen and oxygen atoms in total. The summed E-state index contributed by atoms with van der Waals surface area (Å²) >= 11 is 0. The Kier molecular flexibility index (Phi) is 3.41. The number of rotatable bonds is 2. The number of carbonyl (C=O) groups is 2. The average molecular weight is 250 g/mol. The fourth-order valence-electron chi connectivity index (χ4n) is 2.09. The van der Waals surface area contributed by atoms with Gasteiger partial charge in [0, 0.05) is 38.3 Å². The summed E-state index contributed by atoms with van der Waals surface area (Å²) in [6, 6.07) is 3.36. The van der Waals surface area contributed by atoms with Gasteiger partial charge in [-0.05, 0) is 19.1 Å². The van der Waals surface area contributed by atoms with Crippen LogP contribution < -0.4 is 0 Å². The topological polar surface area (TPSA) is 50.3 Å². The van der Waals surface area contributed by atoms with Crippen molar-refractivity contribution < 1.29 is 14.0 Å². The third kappa shape index (κ3) is 2.39. The van der Waals surface area contributed by atoms with Crippen molar-refractivity contribution in [2.45, 2.75) is 25.4 Å². The normalized spacial score (nSPS) is 18.4. The van der Waals surface area contributed by atoms with E-state index in [1.165, 1.54) is 13.1 Å². The molecule has 1 amide bonds. The van der Waals surface area contributed by atoms with Gasteiger partial charge in [0.05, 0.1) is 5.56 Å². The number of pyridine rings is 1. The molecule has 2 rings (SSSR count). The molecule has 1 aromatic heterocycles. The highest BCUT2D eigenvalue weighted by atomic mass is 19.1. The van der Waals surface area contributed by atoms with Crippen molar-refractivity contribution in [1.29, 1.82) is 0 Å². The molecular formula is C13H15FN2O2. The Hall–Kier alpha value is -1.78. The smallest absolute Gasteiger partial charge is 0.255 e. The van der Waals surface area contributed by atoms with Crippen LogP contribution in [-0.4, -0.2) is 40.3 Å². The zero-order valence-corrected chi connectivity index (χ0v) is 10.2. The molecule has 0 spiro atoms. The number of hydrogen-bond acceptors (Lipinski definition) is 3. The van der Waals surface area contributed by atoms with Crippen molar-refractivity contribution in [1.82, 2.24) is 9.88 Å². The van der Waals surface area contributed by atoms with Gasteiger partial charge in [0.2, 0.25) is 0 Å². The van der Waals surface area contributed by atoms with Crippen LogP contribution in [0, 0.1) is 0 Å². The van der Waals surface area contributed by atoms with E-state index in [4.69, 9.17) is 0 Å². The molecule has 0 radical (unpaired) electrons. The van der Waals surface area contributed by atoms with Crippen LogP contribution in [0.4, 0.5) is 4.39 Å². The monoisotopic (exact) mass is 250 g/mol. The van der Waals surface area contributed by atoms with E-state index >= 15 is 0 Å². The van der Waals surface area contributed by atoms with Gasteiger partial charge in [-0.15, -0.1) is 0 Å². The number of likely N-dealkylation sites (tertiary alicyclic amines) is 1. The molecule has 0 aromatic carbocycles. The number of Topliss-reactive ketones (excluding diaryl/α,β-unsaturated/α-hetero) is 1. The number of amides is 1. The van der Waals surface area contributed by atoms with E-state index in [1.54, 1.807) is 23.2 Å². The second-order valence-electron chi connectivity index (χ2n) is 4.56. The highest BCUT2D eigenvalue weighted by molar-refractivity contribution is 5.94. The van der Waals surface area contributed by atoms with Crippen LogP contribution in [0.25, 0.3) is 0 Å². The van der Waals surface area contributed by atoms with E-state index in [9.17, 15) is 14.0 Å². The number of halogens is 1. The number of carbonyl (C=O) groups excluding carboxylic acids is 2. The predicted octanol–water partition coefficient (Wildman–Crippen LogP) is 1.61. The van der Waals surface area contributed by atoms with Crippen LogP contribution in [0.3, 0.4) is 0 Å². The van der Waals surface area contributed by atoms with Crippen molar-refractivity contribution in [3.63, 3.8) is 0 Å². The lowest BCUT2D eigenvalue weighted by Gasteiger charge is -2.34. The maximum Gasteiger partial charge on any atom is 0.255 e. The molecule has 2 heterocycles. The van der Waals surface area contributed by atoms with Gasteiger partial charge >= 0.3 is 0 Å². The minimum atomic E-state index is -1.76. The zero-order valence-electron chi connectivity index (χ0n) is 10.2. The molecule has 0 saturated carbocycles. The van der Waals surface area contributed by atoms with Gasteiger partial charge in [0.15, 0.2) is 11.5 Å². The average Bonchev–Trinajstić information content (AvgIpc) is 2.40. The quantitative estimate of drug-likeness (QED) is 0.801. The molecule has 0 unspecified atom stereocenters. The lowest BCUT2D eigenvalue weighted by Crippen LogP contribution is -2.47. The Bertz CT molecular complexity index is 453. The summed E-state index contributed by atoms with van der Waals surface area (Å²) < 4.78 is 14.0. The predicted molar refractivity (Wildman–Crippen MR) is 63.9 cm³/mol. The summed E-state index contributed by atoms with van der Waals surface area (Å²) in [6.45, 7) is 1.80. The Morgan fingerprint density at radius 1 is 1.39 bits per heavy atom. The fraction of sp³-hybridized carbons (Fsp3) is 0.462. The van der Waals surface area contributed by atoms with E-state index in [1.807, 2.05) is 0 Å². The molecule has 18 heavy (non-hydrogen) atoms. The van der Waals surface area contributed by atoms with Crippen LogP contribution in [0.2, 0.25) is 0 Å². The number of nitrogens with zero attached hydrogens (tertiary/aromatic N) is 2. The first-order chi connectivity index (χ1) is 8.53. The summed E-state index contributed by atoms with van der Waals surface area (Å²) in [7, 11) is 0. The van der Waals surface area contributed by atoms with Gasteiger partial charge in [-0.3, -0.25) is 14.6 Å². The lowest BCUT2D eigenvalue weighted by molar-refractivity contribution is -0.131. The van der Waals surface area contributed by atoms with Crippen molar-refractivity contribution in [3.8, 4) is 0 Å². The number of aromatic nitrogens is 1. The van der Waals surface area contributed by atoms with Gasteiger partial charge in [0.1, 0.15) is 0 Å². The van der Waals surface area contributed by atoms with Gasteiger partial charge in [-0.1, -0.05) is 0 Å². The Morgan fingerprint density at radius 2 is 2.06 bits per heavy atom. The summed E-state index contributed by atoms with van der Waals surface area (Å²) in [5.41, 5.74) is -1.27. The number of hydrogen-bond donors (Lipinski definition) is 0. The number of piperidine rings is 1. The number of alkyl halides is 1. The van der Waals surface area contributed by atoms with Crippen LogP contribution in [0.15, 0.2) is 24.5 Å². The van der Waals surface area contributed by atoms with Crippen LogP contribution >= 0.6 is 0 Å². The molecular weight excluding hydrogens is 235 g/mol. The molecule has 1 aromatic rings. The van der Waals surface area contributed by atoms with E-state index in [2.05, 4.69) is 4.98 Å². The highest BCUT2D eigenvalue weighted by Gasteiger charge is 2.40. The van der Waals surface area contributed by atoms with E-state index in [0.717, 1.165) is 0 Å². The summed E-state index contributed by atoms with van der Waals surface area (Å²) in [5, 5.41) is 0. The van der Waals surface area contributed by atoms with Crippen molar-refractivity contribution in [3.05, 3.63) is 30.1 Å². The standard InChI is InChI=1S/C13H15FN2O2/c1-10(17)13(14)4-7-16(8-5-13)12(18)11-3-2-6-15-9-11/h2-3,6,9H,4-5,7-8H2,1H3. The van der Waals surface area contributed by atoms with Crippen molar-refractivity contribution in [2.75, 3.05) is 13.1 Å². The molecule has 5 heteroatoms. The lowest BCUT2D eigenvalue weighted by atomic mass is 9.89. The van der Waals surface area contributed by atoms with Gasteiger partial charge < -0.3 is 4.90 Å². The first-order valence-electron chi connectivity index (χ1n) is 5.92. The molecule has 0 aliphatic carbocycles. The highest BCUT2D eigenvalue weighted by Crippen LogP contribution is 2.28. The fourth-order valence-corrected chi connectivity index (χ4v) is 2.09. The molecule has 1 aliphatic heterocycles. The van der Waals surface area contributed by atoms with Gasteiger partial charge in [0.25, 0.3) is 5.91 Å². The largest absolute Gasteiger partial charge is 0.338 e. The minimum absolute atomic E-state index is 0.0777. The molecule has 96 valence electrons. The van der Waals surface area contributed by atoms with Crippen LogP contribution in [-0.2, 0) is 4.79 Å². The Balaban J connectivity index is 2.03.